The van der Waals surface area contributed by atoms with E-state index in [4.69, 9.17) is 4.42 Å². The van der Waals surface area contributed by atoms with Gasteiger partial charge in [0.05, 0.1) is 38.5 Å². The first kappa shape index (κ1) is 20.9. The Labute approximate surface area is 180 Å². The molecule has 0 unspecified atom stereocenters. The normalized spacial score (nSPS) is 18.6. The molecule has 0 aliphatic carbocycles. The number of hydrogen-bond donors (Lipinski definition) is 2. The van der Waals surface area contributed by atoms with E-state index in [0.29, 0.717) is 41.6 Å². The third-order valence-corrected chi connectivity index (χ3v) is 5.67. The minimum absolute atomic E-state index is 0.0273. The van der Waals surface area contributed by atoms with E-state index in [-0.39, 0.29) is 11.3 Å². The number of furan rings is 1. The number of aryl methyl sites for hydroxylation is 3. The van der Waals surface area contributed by atoms with E-state index < -0.39 is 17.7 Å². The van der Waals surface area contributed by atoms with Gasteiger partial charge in [-0.2, -0.15) is 0 Å². The lowest BCUT2D eigenvalue weighted by Gasteiger charge is -2.23. The van der Waals surface area contributed by atoms with Crippen LogP contribution in [0.3, 0.4) is 0 Å². The van der Waals surface area contributed by atoms with Gasteiger partial charge in [0.1, 0.15) is 28.9 Å². The topological polar surface area (TPSA) is 92.5 Å². The molecule has 3 aromatic heterocycles. The summed E-state index contributed by atoms with van der Waals surface area (Å²) < 4.78 is 7.57. The van der Waals surface area contributed by atoms with Crippen LogP contribution in [0.4, 0.5) is 0 Å². The van der Waals surface area contributed by atoms with Gasteiger partial charge in [-0.1, -0.05) is 6.07 Å². The first-order chi connectivity index (χ1) is 14.7. The van der Waals surface area contributed by atoms with Gasteiger partial charge in [0.2, 0.25) is 0 Å². The number of quaternary nitrogens is 1. The van der Waals surface area contributed by atoms with E-state index in [9.17, 15) is 14.7 Å². The van der Waals surface area contributed by atoms with Gasteiger partial charge >= 0.3 is 0 Å². The Hall–Kier alpha value is -3.39. The highest BCUT2D eigenvalue weighted by molar-refractivity contribution is 6.46. The van der Waals surface area contributed by atoms with Crippen molar-refractivity contribution in [2.75, 3.05) is 27.2 Å². The molecule has 0 radical (unpaired) electrons. The monoisotopic (exact) mass is 423 g/mol. The van der Waals surface area contributed by atoms with Crippen molar-refractivity contribution in [3.8, 4) is 0 Å². The number of aliphatic hydroxyl groups is 1. The summed E-state index contributed by atoms with van der Waals surface area (Å²) in [6.07, 6.45) is 1.79. The molecule has 0 aromatic carbocycles. The molecule has 3 aromatic rings. The number of aliphatic hydroxyl groups excluding tert-OH is 1. The number of ketones is 1. The molecule has 0 saturated carbocycles. The molecule has 31 heavy (non-hydrogen) atoms. The van der Waals surface area contributed by atoms with E-state index in [1.54, 1.807) is 36.6 Å². The molecule has 162 valence electrons. The van der Waals surface area contributed by atoms with Crippen molar-refractivity contribution < 1.29 is 24.0 Å². The number of pyridine rings is 1. The van der Waals surface area contributed by atoms with Crippen LogP contribution in [0.2, 0.25) is 0 Å². The first-order valence-electron chi connectivity index (χ1n) is 10.3. The maximum atomic E-state index is 13.1. The second-order valence-electron chi connectivity index (χ2n) is 8.33. The fourth-order valence-corrected chi connectivity index (χ4v) is 4.08. The van der Waals surface area contributed by atoms with Crippen molar-refractivity contribution >= 4 is 23.1 Å². The Bertz CT molecular complexity index is 1220. The van der Waals surface area contributed by atoms with Gasteiger partial charge in [-0.15, -0.1) is 0 Å². The minimum Gasteiger partial charge on any atom is -0.505 e. The molecule has 4 rings (SSSR count). The van der Waals surface area contributed by atoms with Crippen molar-refractivity contribution in [2.45, 2.75) is 26.8 Å². The van der Waals surface area contributed by atoms with Crippen LogP contribution in [0.25, 0.3) is 11.4 Å². The summed E-state index contributed by atoms with van der Waals surface area (Å²) in [6.45, 7) is 6.52. The lowest BCUT2D eigenvalue weighted by atomic mass is 10.0. The van der Waals surface area contributed by atoms with Crippen LogP contribution in [0.15, 0.2) is 40.5 Å². The molecule has 4 heterocycles. The Balaban J connectivity index is 1.93. The molecule has 0 spiro atoms. The molecule has 1 atom stereocenters. The Morgan fingerprint density at radius 2 is 1.94 bits per heavy atom. The van der Waals surface area contributed by atoms with Gasteiger partial charge < -0.3 is 19.3 Å². The number of nitrogens with zero attached hydrogens (tertiary/aromatic N) is 3. The summed E-state index contributed by atoms with van der Waals surface area (Å²) in [7, 11) is 3.96. The van der Waals surface area contributed by atoms with E-state index in [0.717, 1.165) is 10.5 Å². The SMILES string of the molecule is Cc1ccc([C@@H]2/C(=C(\O)c3c(C)nc4c(C)cccn34)C(=O)C(=O)N2CC[NH+](C)C)o1. The molecule has 1 aliphatic rings. The Morgan fingerprint density at radius 3 is 2.58 bits per heavy atom. The van der Waals surface area contributed by atoms with E-state index in [2.05, 4.69) is 4.98 Å². The lowest BCUT2D eigenvalue weighted by Crippen LogP contribution is -3.06. The smallest absolute Gasteiger partial charge is 0.295 e. The van der Waals surface area contributed by atoms with Gasteiger partial charge in [-0.3, -0.25) is 14.0 Å². The predicted octanol–water partition coefficient (Wildman–Crippen LogP) is 1.42. The van der Waals surface area contributed by atoms with Crippen molar-refractivity contribution in [3.63, 3.8) is 0 Å². The number of likely N-dealkylation sites (N-methyl/N-ethyl adjacent to an activating group) is 1. The van der Waals surface area contributed by atoms with Gasteiger partial charge in [-0.25, -0.2) is 4.98 Å². The number of likely N-dealkylation sites (tertiary alicyclic amines) is 1. The number of imidazole rings is 1. The largest absolute Gasteiger partial charge is 0.505 e. The Kier molecular flexibility index (Phi) is 5.18. The number of carbonyl (C=O) groups excluding carboxylic acids is 2. The quantitative estimate of drug-likeness (QED) is 0.368. The third-order valence-electron chi connectivity index (χ3n) is 5.67. The summed E-state index contributed by atoms with van der Waals surface area (Å²) in [6, 6.07) is 6.53. The second kappa shape index (κ2) is 7.70. The number of rotatable bonds is 5. The van der Waals surface area contributed by atoms with Crippen LogP contribution < -0.4 is 4.90 Å². The summed E-state index contributed by atoms with van der Waals surface area (Å²) in [5, 5.41) is 11.4. The molecule has 0 bridgehead atoms. The van der Waals surface area contributed by atoms with Gasteiger partial charge in [0.15, 0.2) is 5.76 Å². The van der Waals surface area contributed by atoms with E-state index in [1.165, 1.54) is 4.90 Å². The van der Waals surface area contributed by atoms with Gasteiger partial charge in [-0.05, 0) is 44.5 Å². The molecule has 1 amide bonds. The molecular weight excluding hydrogens is 396 g/mol. The fraction of sp³-hybridized carbons (Fsp3) is 0.348. The highest BCUT2D eigenvalue weighted by Gasteiger charge is 2.48. The molecule has 8 nitrogen and oxygen atoms in total. The summed E-state index contributed by atoms with van der Waals surface area (Å²) in [4.78, 5) is 33.3. The first-order valence-corrected chi connectivity index (χ1v) is 10.3. The Morgan fingerprint density at radius 1 is 1.19 bits per heavy atom. The number of fused-ring (bicyclic) bond motifs is 1. The molecule has 1 fully saturated rings. The van der Waals surface area contributed by atoms with E-state index >= 15 is 0 Å². The van der Waals surface area contributed by atoms with Crippen LogP contribution >= 0.6 is 0 Å². The molecule has 1 aliphatic heterocycles. The van der Waals surface area contributed by atoms with Crippen LogP contribution in [-0.2, 0) is 9.59 Å². The number of hydrogen-bond acceptors (Lipinski definition) is 5. The fourth-order valence-electron chi connectivity index (χ4n) is 4.08. The number of amides is 1. The summed E-state index contributed by atoms with van der Waals surface area (Å²) in [5.74, 6) is -0.473. The predicted molar refractivity (Wildman–Crippen MR) is 115 cm³/mol. The second-order valence-corrected chi connectivity index (χ2v) is 8.33. The number of nitrogens with one attached hydrogen (secondary N) is 1. The average molecular weight is 423 g/mol. The number of aromatic nitrogens is 2. The summed E-state index contributed by atoms with van der Waals surface area (Å²) >= 11 is 0. The summed E-state index contributed by atoms with van der Waals surface area (Å²) in [5.41, 5.74) is 2.64. The van der Waals surface area contributed by atoms with Crippen LogP contribution in [0.5, 0.6) is 0 Å². The average Bonchev–Trinajstić information content (AvgIpc) is 3.35. The van der Waals surface area contributed by atoms with Gasteiger partial charge in [0.25, 0.3) is 11.7 Å². The number of carbonyl (C=O) groups is 2. The highest BCUT2D eigenvalue weighted by atomic mass is 16.3. The third kappa shape index (κ3) is 3.42. The van der Waals surface area contributed by atoms with Crippen molar-refractivity contribution in [1.82, 2.24) is 14.3 Å². The van der Waals surface area contributed by atoms with Gasteiger partial charge in [0, 0.05) is 6.20 Å². The lowest BCUT2D eigenvalue weighted by molar-refractivity contribution is -0.857. The standard InChI is InChI=1S/C23H26N4O4/c1-13-7-6-10-26-18(15(3)24-22(13)26)20(28)17-19(16-9-8-14(2)31-16)27(12-11-25(4)5)23(30)21(17)29/h6-10,19,28H,11-12H2,1-5H3/p+1/b20-17+/t19-/m1/s1. The zero-order chi connectivity index (χ0) is 22.4. The van der Waals surface area contributed by atoms with Crippen LogP contribution in [-0.4, -0.2) is 58.3 Å². The zero-order valence-electron chi connectivity index (χ0n) is 18.4. The van der Waals surface area contributed by atoms with Crippen LogP contribution in [0, 0.1) is 20.8 Å². The molecular formula is C23H27N4O4+. The van der Waals surface area contributed by atoms with E-state index in [1.807, 2.05) is 33.2 Å². The maximum absolute atomic E-state index is 13.1. The van der Waals surface area contributed by atoms with Crippen LogP contribution in [0.1, 0.15) is 34.5 Å². The van der Waals surface area contributed by atoms with Crippen molar-refractivity contribution in [1.29, 1.82) is 0 Å². The highest BCUT2D eigenvalue weighted by Crippen LogP contribution is 2.40. The molecule has 1 saturated heterocycles. The maximum Gasteiger partial charge on any atom is 0.295 e. The number of Topliss-reactive ketones (excluding diaryl/α,β-unsaturated/α-hetero) is 1. The molecule has 8 heteroatoms. The van der Waals surface area contributed by atoms with Crippen molar-refractivity contribution in [3.05, 3.63) is 64.5 Å². The van der Waals surface area contributed by atoms with Crippen molar-refractivity contribution in [2.24, 2.45) is 0 Å². The minimum atomic E-state index is -0.789. The molecule has 2 N–H and O–H groups in total. The zero-order valence-corrected chi connectivity index (χ0v) is 18.4.